The topological polar surface area (TPSA) is 67.3 Å². The fraction of sp³-hybridized carbons (Fsp3) is 0. The van der Waals surface area contributed by atoms with Crippen LogP contribution < -0.4 is 0 Å². The quantitative estimate of drug-likeness (QED) is 0.741. The Morgan fingerprint density at radius 3 is 2.27 bits per heavy atom. The van der Waals surface area contributed by atoms with Crippen molar-refractivity contribution in [2.75, 3.05) is 0 Å². The first kappa shape index (κ1) is 10.7. The molecule has 0 aromatic carbocycles. The van der Waals surface area contributed by atoms with Gasteiger partial charge in [0.1, 0.15) is 0 Å². The van der Waals surface area contributed by atoms with Crippen LogP contribution in [-0.2, 0) is 30.2 Å². The van der Waals surface area contributed by atoms with Gasteiger partial charge in [0, 0.05) is 26.3 Å². The Labute approximate surface area is 77.8 Å². The van der Waals surface area contributed by atoms with E-state index in [9.17, 15) is 8.42 Å². The number of hydrogen-bond donors (Lipinski definition) is 1. The average molecular weight is 351 g/mol. The number of rotatable bonds is 1. The second kappa shape index (κ2) is 3.92. The zero-order chi connectivity index (χ0) is 7.61. The molecule has 0 aliphatic heterocycles. The number of hydrogen-bond acceptors (Lipinski definition) is 3. The first-order valence-corrected chi connectivity index (χ1v) is 3.93. The first-order chi connectivity index (χ1) is 4.61. The van der Waals surface area contributed by atoms with Crippen LogP contribution in [0.25, 0.3) is 0 Å². The summed E-state index contributed by atoms with van der Waals surface area (Å²) in [7, 11) is -4.11. The minimum absolute atomic E-state index is 0. The van der Waals surface area contributed by atoms with Gasteiger partial charge in [0.2, 0.25) is 0 Å². The van der Waals surface area contributed by atoms with Crippen LogP contribution in [0.15, 0.2) is 29.4 Å². The fourth-order valence-corrected chi connectivity index (χ4v) is 0.944. The van der Waals surface area contributed by atoms with Crippen molar-refractivity contribution < 1.29 is 33.1 Å². The van der Waals surface area contributed by atoms with E-state index in [0.29, 0.717) is 0 Å². The standard InChI is InChI=1S/C5H5NO3S.Ir/c7-10(8,9)5-3-1-2-4-6-5;/h1-4H,(H,7,8,9);. The monoisotopic (exact) mass is 352 g/mol. The Bertz CT molecular complexity index is 310. The molecule has 4 nitrogen and oxygen atoms in total. The summed E-state index contributed by atoms with van der Waals surface area (Å²) in [5.41, 5.74) is 0. The minimum Gasteiger partial charge on any atom is -0.281 e. The summed E-state index contributed by atoms with van der Waals surface area (Å²) in [4.78, 5) is 3.41. The molecule has 1 rings (SSSR count). The van der Waals surface area contributed by atoms with Crippen molar-refractivity contribution >= 4 is 10.1 Å². The third-order valence-corrected chi connectivity index (χ3v) is 1.67. The maximum atomic E-state index is 10.3. The smallest absolute Gasteiger partial charge is 0.281 e. The summed E-state index contributed by atoms with van der Waals surface area (Å²) < 4.78 is 29.1. The van der Waals surface area contributed by atoms with Gasteiger partial charge >= 0.3 is 10.1 Å². The number of nitrogens with zero attached hydrogens (tertiary/aromatic N) is 1. The van der Waals surface area contributed by atoms with Gasteiger partial charge in [-0.1, -0.05) is 6.07 Å². The van der Waals surface area contributed by atoms with E-state index in [0.717, 1.165) is 0 Å². The van der Waals surface area contributed by atoms with Gasteiger partial charge in [-0.15, -0.1) is 0 Å². The SMILES string of the molecule is O=S(=O)(O)c1ccccn1.[Ir]. The molecule has 6 heteroatoms. The summed E-state index contributed by atoms with van der Waals surface area (Å²) in [5.74, 6) is 0. The zero-order valence-electron chi connectivity index (χ0n) is 5.26. The maximum Gasteiger partial charge on any atom is 0.312 e. The molecule has 0 saturated heterocycles. The molecule has 0 unspecified atom stereocenters. The molecule has 63 valence electrons. The van der Waals surface area contributed by atoms with Crippen molar-refractivity contribution in [1.82, 2.24) is 4.98 Å². The van der Waals surface area contributed by atoms with Crippen LogP contribution in [0.4, 0.5) is 0 Å². The van der Waals surface area contributed by atoms with Crippen LogP contribution in [0, 0.1) is 0 Å². The fourth-order valence-electron chi connectivity index (χ4n) is 0.500. The van der Waals surface area contributed by atoms with Gasteiger partial charge < -0.3 is 0 Å². The van der Waals surface area contributed by atoms with E-state index in [1.54, 1.807) is 6.07 Å². The van der Waals surface area contributed by atoms with Crippen molar-refractivity contribution in [2.45, 2.75) is 5.03 Å². The summed E-state index contributed by atoms with van der Waals surface area (Å²) >= 11 is 0. The van der Waals surface area contributed by atoms with Crippen molar-refractivity contribution in [3.63, 3.8) is 0 Å². The summed E-state index contributed by atoms with van der Waals surface area (Å²) in [6.45, 7) is 0. The summed E-state index contributed by atoms with van der Waals surface area (Å²) in [6.07, 6.45) is 1.29. The third kappa shape index (κ3) is 3.07. The van der Waals surface area contributed by atoms with Gasteiger partial charge in [-0.3, -0.25) is 4.55 Å². The molecule has 0 spiro atoms. The Balaban J connectivity index is 0.000001000. The van der Waals surface area contributed by atoms with Gasteiger partial charge in [-0.25, -0.2) is 4.98 Å². The zero-order valence-corrected chi connectivity index (χ0v) is 8.47. The molecule has 1 aromatic rings. The second-order valence-electron chi connectivity index (χ2n) is 1.64. The molecule has 1 radical (unpaired) electrons. The molecule has 1 heterocycles. The molecule has 0 aliphatic carbocycles. The molecular formula is C5H5IrNO3S. The van der Waals surface area contributed by atoms with E-state index in [-0.39, 0.29) is 25.1 Å². The summed E-state index contributed by atoms with van der Waals surface area (Å²) in [6, 6.07) is 4.26. The van der Waals surface area contributed by atoms with Crippen LogP contribution in [0.3, 0.4) is 0 Å². The van der Waals surface area contributed by atoms with E-state index >= 15 is 0 Å². The summed E-state index contributed by atoms with van der Waals surface area (Å²) in [5, 5.41) is -0.324. The average Bonchev–Trinajstić information content (AvgIpc) is 1.88. The molecule has 0 fully saturated rings. The van der Waals surface area contributed by atoms with E-state index < -0.39 is 10.1 Å². The Kier molecular flexibility index (Phi) is 3.82. The molecule has 0 atom stereocenters. The maximum absolute atomic E-state index is 10.3. The van der Waals surface area contributed by atoms with Crippen molar-refractivity contribution in [2.24, 2.45) is 0 Å². The predicted octanol–water partition coefficient (Wildman–Crippen LogP) is 0.326. The van der Waals surface area contributed by atoms with Crippen LogP contribution >= 0.6 is 0 Å². The Hall–Kier alpha value is -0.291. The van der Waals surface area contributed by atoms with Gasteiger partial charge in [-0.05, 0) is 12.1 Å². The molecule has 1 aromatic heterocycles. The first-order valence-electron chi connectivity index (χ1n) is 2.49. The van der Waals surface area contributed by atoms with Crippen LogP contribution in [-0.4, -0.2) is 18.0 Å². The van der Waals surface area contributed by atoms with E-state index in [4.69, 9.17) is 4.55 Å². The number of pyridine rings is 1. The Morgan fingerprint density at radius 1 is 1.36 bits per heavy atom. The number of aromatic nitrogens is 1. The molecule has 0 saturated carbocycles. The molecule has 0 amide bonds. The van der Waals surface area contributed by atoms with Crippen molar-refractivity contribution in [1.29, 1.82) is 0 Å². The third-order valence-electron chi connectivity index (χ3n) is 0.902. The van der Waals surface area contributed by atoms with Crippen LogP contribution in [0.5, 0.6) is 0 Å². The normalized spacial score (nSPS) is 10.3. The Morgan fingerprint density at radius 2 is 2.00 bits per heavy atom. The predicted molar refractivity (Wildman–Crippen MR) is 34.1 cm³/mol. The van der Waals surface area contributed by atoms with E-state index in [2.05, 4.69) is 4.98 Å². The van der Waals surface area contributed by atoms with Crippen LogP contribution in [0.2, 0.25) is 0 Å². The van der Waals surface area contributed by atoms with Gasteiger partial charge in [0.15, 0.2) is 5.03 Å². The molecular weight excluding hydrogens is 346 g/mol. The van der Waals surface area contributed by atoms with Crippen molar-refractivity contribution in [3.8, 4) is 0 Å². The second-order valence-corrected chi connectivity index (χ2v) is 3.01. The van der Waals surface area contributed by atoms with Crippen LogP contribution in [0.1, 0.15) is 0 Å². The van der Waals surface area contributed by atoms with E-state index in [1.807, 2.05) is 0 Å². The largest absolute Gasteiger partial charge is 0.312 e. The molecule has 0 aliphatic rings. The minimum atomic E-state index is -4.11. The van der Waals surface area contributed by atoms with E-state index in [1.165, 1.54) is 18.3 Å². The van der Waals surface area contributed by atoms with Crippen molar-refractivity contribution in [3.05, 3.63) is 24.4 Å². The molecule has 0 bridgehead atoms. The molecule has 11 heavy (non-hydrogen) atoms. The van der Waals surface area contributed by atoms with Gasteiger partial charge in [0.05, 0.1) is 0 Å². The van der Waals surface area contributed by atoms with Gasteiger partial charge in [-0.2, -0.15) is 8.42 Å². The molecule has 1 N–H and O–H groups in total. The van der Waals surface area contributed by atoms with Gasteiger partial charge in [0.25, 0.3) is 0 Å².